The van der Waals surface area contributed by atoms with Crippen LogP contribution in [0.5, 0.6) is 0 Å². The van der Waals surface area contributed by atoms with E-state index >= 15 is 0 Å². The normalized spacial score (nSPS) is 11.6. The summed E-state index contributed by atoms with van der Waals surface area (Å²) in [6, 6.07) is 9.40. The van der Waals surface area contributed by atoms with Crippen molar-refractivity contribution in [2.45, 2.75) is 39.8 Å². The maximum absolute atomic E-state index is 12.7. The van der Waals surface area contributed by atoms with Gasteiger partial charge in [-0.2, -0.15) is 4.68 Å². The van der Waals surface area contributed by atoms with Gasteiger partial charge < -0.3 is 4.74 Å². The van der Waals surface area contributed by atoms with Gasteiger partial charge in [0.1, 0.15) is 0 Å². The Bertz CT molecular complexity index is 916. The zero-order valence-corrected chi connectivity index (χ0v) is 15.2. The molecule has 10 heteroatoms. The molecule has 0 saturated carbocycles. The van der Waals surface area contributed by atoms with Crippen molar-refractivity contribution in [3.8, 4) is 0 Å². The van der Waals surface area contributed by atoms with Crippen molar-refractivity contribution < 1.29 is 9.53 Å². The summed E-state index contributed by atoms with van der Waals surface area (Å²) in [5.41, 5.74) is 1.03. The number of hydrogen-bond acceptors (Lipinski definition) is 8. The Morgan fingerprint density at radius 3 is 2.63 bits per heavy atom. The van der Waals surface area contributed by atoms with E-state index in [2.05, 4.69) is 38.0 Å². The standard InChI is InChI=1S/C17H20N8O2/c1-3-4-10-24-16(19-21-22-24)12-27-17(26)15(25-13(2)18-20-23-25)11-14-8-6-5-7-9-14/h5-9,11H,3-4,10,12H2,1-2H3/b15-11-. The first-order chi connectivity index (χ1) is 13.2. The fourth-order valence-electron chi connectivity index (χ4n) is 2.38. The van der Waals surface area contributed by atoms with Gasteiger partial charge in [0.2, 0.25) is 0 Å². The number of aromatic nitrogens is 8. The lowest BCUT2D eigenvalue weighted by Gasteiger charge is -2.09. The minimum atomic E-state index is -0.570. The second-order valence-electron chi connectivity index (χ2n) is 5.83. The lowest BCUT2D eigenvalue weighted by atomic mass is 10.2. The van der Waals surface area contributed by atoms with Crippen LogP contribution in [0, 0.1) is 6.92 Å². The Labute approximate surface area is 155 Å². The number of ether oxygens (including phenoxy) is 1. The average Bonchev–Trinajstić information content (AvgIpc) is 3.32. The summed E-state index contributed by atoms with van der Waals surface area (Å²) in [6.45, 7) is 4.43. The Kier molecular flexibility index (Phi) is 5.98. The van der Waals surface area contributed by atoms with Crippen molar-refractivity contribution in [3.63, 3.8) is 0 Å². The van der Waals surface area contributed by atoms with E-state index in [4.69, 9.17) is 4.74 Å². The summed E-state index contributed by atoms with van der Waals surface area (Å²) < 4.78 is 8.41. The Morgan fingerprint density at radius 1 is 1.15 bits per heavy atom. The molecule has 140 valence electrons. The molecule has 3 aromatic rings. The van der Waals surface area contributed by atoms with Crippen molar-refractivity contribution in [3.05, 3.63) is 47.5 Å². The molecular weight excluding hydrogens is 348 g/mol. The first kappa shape index (κ1) is 18.4. The monoisotopic (exact) mass is 368 g/mol. The molecule has 3 rings (SSSR count). The van der Waals surface area contributed by atoms with E-state index in [1.165, 1.54) is 4.68 Å². The van der Waals surface area contributed by atoms with Crippen molar-refractivity contribution >= 4 is 17.7 Å². The van der Waals surface area contributed by atoms with Crippen LogP contribution in [0.1, 0.15) is 37.0 Å². The number of carbonyl (C=O) groups excluding carboxylic acids is 1. The highest BCUT2D eigenvalue weighted by Gasteiger charge is 2.19. The van der Waals surface area contributed by atoms with Gasteiger partial charge in [-0.15, -0.1) is 10.2 Å². The molecule has 0 aliphatic heterocycles. The lowest BCUT2D eigenvalue weighted by Crippen LogP contribution is -2.16. The van der Waals surface area contributed by atoms with Crippen LogP contribution in [0.3, 0.4) is 0 Å². The molecule has 0 N–H and O–H groups in total. The number of esters is 1. The van der Waals surface area contributed by atoms with Gasteiger partial charge in [0.15, 0.2) is 24.0 Å². The van der Waals surface area contributed by atoms with E-state index < -0.39 is 5.97 Å². The van der Waals surface area contributed by atoms with Crippen LogP contribution < -0.4 is 0 Å². The molecule has 0 bridgehead atoms. The molecule has 2 aromatic heterocycles. The Hall–Kier alpha value is -3.43. The van der Waals surface area contributed by atoms with Crippen LogP contribution in [0.25, 0.3) is 11.8 Å². The molecule has 27 heavy (non-hydrogen) atoms. The quantitative estimate of drug-likeness (QED) is 0.434. The van der Waals surface area contributed by atoms with Crippen LogP contribution in [0.2, 0.25) is 0 Å². The van der Waals surface area contributed by atoms with E-state index in [0.717, 1.165) is 18.4 Å². The highest BCUT2D eigenvalue weighted by molar-refractivity contribution is 6.15. The fourth-order valence-corrected chi connectivity index (χ4v) is 2.38. The number of nitrogens with zero attached hydrogens (tertiary/aromatic N) is 8. The van der Waals surface area contributed by atoms with E-state index in [1.807, 2.05) is 30.3 Å². The van der Waals surface area contributed by atoms with E-state index in [1.54, 1.807) is 17.7 Å². The number of benzene rings is 1. The third kappa shape index (κ3) is 4.60. The number of carbonyl (C=O) groups is 1. The second kappa shape index (κ2) is 8.79. The largest absolute Gasteiger partial charge is 0.453 e. The molecular formula is C17H20N8O2. The maximum Gasteiger partial charge on any atom is 0.357 e. The Balaban J connectivity index is 1.79. The molecule has 0 aliphatic carbocycles. The smallest absolute Gasteiger partial charge is 0.357 e. The number of aryl methyl sites for hydroxylation is 2. The minimum absolute atomic E-state index is 0.0388. The van der Waals surface area contributed by atoms with Crippen LogP contribution >= 0.6 is 0 Å². The summed E-state index contributed by atoms with van der Waals surface area (Å²) >= 11 is 0. The van der Waals surface area contributed by atoms with Gasteiger partial charge in [0.05, 0.1) is 0 Å². The molecule has 10 nitrogen and oxygen atoms in total. The van der Waals surface area contributed by atoms with Gasteiger partial charge in [-0.1, -0.05) is 43.7 Å². The van der Waals surface area contributed by atoms with Crippen LogP contribution in [0.4, 0.5) is 0 Å². The zero-order valence-electron chi connectivity index (χ0n) is 15.2. The van der Waals surface area contributed by atoms with Gasteiger partial charge in [-0.3, -0.25) is 0 Å². The van der Waals surface area contributed by atoms with Crippen LogP contribution in [0.15, 0.2) is 30.3 Å². The van der Waals surface area contributed by atoms with Gasteiger partial charge in [-0.25, -0.2) is 9.48 Å². The van der Waals surface area contributed by atoms with E-state index in [9.17, 15) is 4.79 Å². The SMILES string of the molecule is CCCCn1nnnc1COC(=O)/C(=C/c1ccccc1)n1nnnc1C. The number of tetrazole rings is 2. The molecule has 0 aliphatic rings. The molecule has 0 spiro atoms. The summed E-state index contributed by atoms with van der Waals surface area (Å²) in [5, 5.41) is 22.8. The molecule has 0 radical (unpaired) electrons. The summed E-state index contributed by atoms with van der Waals surface area (Å²) in [7, 11) is 0. The summed E-state index contributed by atoms with van der Waals surface area (Å²) in [5.74, 6) is 0.394. The highest BCUT2D eigenvalue weighted by Crippen LogP contribution is 2.14. The zero-order chi connectivity index (χ0) is 19.1. The van der Waals surface area contributed by atoms with Gasteiger partial charge in [0, 0.05) is 6.54 Å². The van der Waals surface area contributed by atoms with Crippen LogP contribution in [-0.2, 0) is 22.7 Å². The molecule has 0 unspecified atom stereocenters. The highest BCUT2D eigenvalue weighted by atomic mass is 16.5. The van der Waals surface area contributed by atoms with Crippen molar-refractivity contribution in [1.82, 2.24) is 40.4 Å². The first-order valence-corrected chi connectivity index (χ1v) is 8.63. The Morgan fingerprint density at radius 2 is 1.93 bits per heavy atom. The summed E-state index contributed by atoms with van der Waals surface area (Å²) in [6.07, 6.45) is 3.63. The molecule has 2 heterocycles. The van der Waals surface area contributed by atoms with Crippen molar-refractivity contribution in [2.75, 3.05) is 0 Å². The average molecular weight is 368 g/mol. The number of rotatable bonds is 8. The molecule has 0 amide bonds. The topological polar surface area (TPSA) is 114 Å². The predicted octanol–water partition coefficient (Wildman–Crippen LogP) is 1.51. The van der Waals surface area contributed by atoms with Crippen molar-refractivity contribution in [1.29, 1.82) is 0 Å². The summed E-state index contributed by atoms with van der Waals surface area (Å²) in [4.78, 5) is 12.7. The predicted molar refractivity (Wildman–Crippen MR) is 95.7 cm³/mol. The van der Waals surface area contributed by atoms with Gasteiger partial charge in [0.25, 0.3) is 0 Å². The lowest BCUT2D eigenvalue weighted by molar-refractivity contribution is -0.138. The second-order valence-corrected chi connectivity index (χ2v) is 5.83. The van der Waals surface area contributed by atoms with E-state index in [0.29, 0.717) is 18.2 Å². The maximum atomic E-state index is 12.7. The molecule has 0 atom stereocenters. The third-order valence-corrected chi connectivity index (χ3v) is 3.83. The molecule has 0 fully saturated rings. The first-order valence-electron chi connectivity index (χ1n) is 8.63. The third-order valence-electron chi connectivity index (χ3n) is 3.83. The van der Waals surface area contributed by atoms with Gasteiger partial charge >= 0.3 is 5.97 Å². The fraction of sp³-hybridized carbons (Fsp3) is 0.353. The van der Waals surface area contributed by atoms with Gasteiger partial charge in [-0.05, 0) is 45.8 Å². The molecule has 1 aromatic carbocycles. The number of hydrogen-bond donors (Lipinski definition) is 0. The molecule has 0 saturated heterocycles. The number of unbranched alkanes of at least 4 members (excludes halogenated alkanes) is 1. The van der Waals surface area contributed by atoms with Crippen molar-refractivity contribution in [2.24, 2.45) is 0 Å². The minimum Gasteiger partial charge on any atom is -0.453 e. The van der Waals surface area contributed by atoms with Crippen LogP contribution in [-0.4, -0.2) is 46.4 Å². The van der Waals surface area contributed by atoms with E-state index in [-0.39, 0.29) is 12.3 Å².